The van der Waals surface area contributed by atoms with Gasteiger partial charge in [0, 0.05) is 13.1 Å². The molecule has 0 saturated heterocycles. The summed E-state index contributed by atoms with van der Waals surface area (Å²) in [5.74, 6) is -1.03. The maximum Gasteiger partial charge on any atom is 0.280 e. The molecule has 12 heteroatoms. The second-order valence-corrected chi connectivity index (χ2v) is 11.3. The van der Waals surface area contributed by atoms with Gasteiger partial charge in [0.25, 0.3) is 5.91 Å². The zero-order valence-corrected chi connectivity index (χ0v) is 26.3. The number of guanidine groups is 1. The molecule has 3 aromatic carbocycles. The SMILES string of the molecule is NC(=NCCCCc1ccc(-c2ccc(CCCNC(=O)C(N)Cc3ccccc3)cc2)cc1)NC(=O)c1nc(Cl)c(N)nc1N. The number of aryl methyl sites for hydroxylation is 2. The van der Waals surface area contributed by atoms with Crippen LogP contribution >= 0.6 is 11.6 Å². The number of benzene rings is 3. The Morgan fingerprint density at radius 2 is 1.39 bits per heavy atom. The molecule has 0 spiro atoms. The minimum absolute atomic E-state index is 0.0412. The summed E-state index contributed by atoms with van der Waals surface area (Å²) in [7, 11) is 0. The highest BCUT2D eigenvalue weighted by molar-refractivity contribution is 6.31. The van der Waals surface area contributed by atoms with Crippen LogP contribution in [0.1, 0.15) is 46.4 Å². The van der Waals surface area contributed by atoms with Gasteiger partial charge in [0.1, 0.15) is 0 Å². The van der Waals surface area contributed by atoms with Crippen LogP contribution in [0.2, 0.25) is 5.15 Å². The molecule has 11 nitrogen and oxygen atoms in total. The van der Waals surface area contributed by atoms with E-state index in [0.29, 0.717) is 19.5 Å². The van der Waals surface area contributed by atoms with Crippen molar-refractivity contribution in [2.24, 2.45) is 16.5 Å². The summed E-state index contributed by atoms with van der Waals surface area (Å²) in [6.45, 7) is 1.04. The summed E-state index contributed by atoms with van der Waals surface area (Å²) >= 11 is 5.82. The quantitative estimate of drug-likeness (QED) is 0.0680. The summed E-state index contributed by atoms with van der Waals surface area (Å²) in [6.07, 6.45) is 4.83. The van der Waals surface area contributed by atoms with Crippen molar-refractivity contribution in [2.75, 3.05) is 24.6 Å². The van der Waals surface area contributed by atoms with Gasteiger partial charge in [0.05, 0.1) is 6.04 Å². The van der Waals surface area contributed by atoms with Gasteiger partial charge in [-0.15, -0.1) is 0 Å². The van der Waals surface area contributed by atoms with Gasteiger partial charge >= 0.3 is 0 Å². The largest absolute Gasteiger partial charge is 0.382 e. The molecular weight excluding hydrogens is 602 g/mol. The third-order valence-electron chi connectivity index (χ3n) is 7.34. The number of nitrogens with one attached hydrogen (secondary N) is 2. The van der Waals surface area contributed by atoms with E-state index in [0.717, 1.165) is 48.8 Å². The number of carbonyl (C=O) groups excluding carboxylic acids is 2. The molecule has 0 bridgehead atoms. The van der Waals surface area contributed by atoms with E-state index in [2.05, 4.69) is 74.1 Å². The van der Waals surface area contributed by atoms with Crippen LogP contribution in [0.3, 0.4) is 0 Å². The number of anilines is 2. The molecule has 0 aliphatic rings. The molecule has 4 rings (SSSR count). The zero-order valence-electron chi connectivity index (χ0n) is 25.6. The van der Waals surface area contributed by atoms with E-state index >= 15 is 0 Å². The average molecular weight is 642 g/mol. The van der Waals surface area contributed by atoms with Crippen molar-refractivity contribution in [2.45, 2.75) is 44.6 Å². The molecule has 1 heterocycles. The summed E-state index contributed by atoms with van der Waals surface area (Å²) in [5, 5.41) is 5.27. The summed E-state index contributed by atoms with van der Waals surface area (Å²) in [6, 6.07) is 26.3. The summed E-state index contributed by atoms with van der Waals surface area (Å²) < 4.78 is 0. The standard InChI is InChI=1S/C34H40ClN9O2/c35-29-31(38)43-30(37)28(42-29)33(46)44-34(39)41-19-5-4-7-22-11-15-25(16-12-22)26-17-13-23(14-18-26)10-6-20-40-32(45)27(36)21-24-8-2-1-3-9-24/h1-3,8-9,11-18,27H,4-7,10,19-21,36H2,(H,40,45)(H4,37,38,43)(H3,39,41,44,46). The number of nitrogens with two attached hydrogens (primary N) is 4. The Hall–Kier alpha value is -5.00. The van der Waals surface area contributed by atoms with Crippen LogP contribution in [0.4, 0.5) is 11.6 Å². The van der Waals surface area contributed by atoms with Gasteiger partial charge in [-0.05, 0) is 66.3 Å². The fourth-order valence-electron chi connectivity index (χ4n) is 4.79. The summed E-state index contributed by atoms with van der Waals surface area (Å²) in [4.78, 5) is 36.5. The molecular formula is C34H40ClN9O2. The van der Waals surface area contributed by atoms with E-state index < -0.39 is 11.9 Å². The van der Waals surface area contributed by atoms with E-state index in [1.807, 2.05) is 30.3 Å². The van der Waals surface area contributed by atoms with E-state index in [9.17, 15) is 9.59 Å². The first-order valence-corrected chi connectivity index (χ1v) is 15.5. The average Bonchev–Trinajstić information content (AvgIpc) is 3.05. The topological polar surface area (TPSA) is 200 Å². The van der Waals surface area contributed by atoms with Crippen molar-refractivity contribution < 1.29 is 9.59 Å². The van der Waals surface area contributed by atoms with Crippen LogP contribution in [0.5, 0.6) is 0 Å². The Bertz CT molecular complexity index is 1630. The highest BCUT2D eigenvalue weighted by Crippen LogP contribution is 2.22. The lowest BCUT2D eigenvalue weighted by Gasteiger charge is -2.12. The Kier molecular flexibility index (Phi) is 12.4. The predicted molar refractivity (Wildman–Crippen MR) is 184 cm³/mol. The number of nitrogens with zero attached hydrogens (tertiary/aromatic N) is 3. The van der Waals surface area contributed by atoms with Crippen molar-refractivity contribution >= 4 is 41.0 Å². The number of rotatable bonds is 14. The molecule has 10 N–H and O–H groups in total. The Labute approximate surface area is 273 Å². The fraction of sp³-hybridized carbons (Fsp3) is 0.265. The Morgan fingerprint density at radius 3 is 2.02 bits per heavy atom. The number of nitrogen functional groups attached to an aromatic ring is 2. The first-order chi connectivity index (χ1) is 22.2. The van der Waals surface area contributed by atoms with Gasteiger partial charge in [-0.1, -0.05) is 90.5 Å². The summed E-state index contributed by atoms with van der Waals surface area (Å²) in [5.41, 5.74) is 28.8. The minimum atomic E-state index is -0.663. The van der Waals surface area contributed by atoms with Gasteiger partial charge in [-0.25, -0.2) is 9.97 Å². The second kappa shape index (κ2) is 16.9. The van der Waals surface area contributed by atoms with E-state index in [4.69, 9.17) is 34.5 Å². The van der Waals surface area contributed by atoms with E-state index in [1.165, 1.54) is 11.1 Å². The Morgan fingerprint density at radius 1 is 0.783 bits per heavy atom. The van der Waals surface area contributed by atoms with Crippen LogP contribution in [0.15, 0.2) is 83.9 Å². The molecule has 240 valence electrons. The third-order valence-corrected chi connectivity index (χ3v) is 7.61. The molecule has 46 heavy (non-hydrogen) atoms. The number of aliphatic imine (C=N–C) groups is 1. The van der Waals surface area contributed by atoms with Crippen molar-refractivity contribution in [3.05, 3.63) is 106 Å². The maximum atomic E-state index is 12.3. The predicted octanol–water partition coefficient (Wildman–Crippen LogP) is 3.65. The number of hydrogen-bond donors (Lipinski definition) is 6. The van der Waals surface area contributed by atoms with Crippen LogP contribution in [0, 0.1) is 0 Å². The Balaban J connectivity index is 1.13. The van der Waals surface area contributed by atoms with Crippen molar-refractivity contribution in [1.29, 1.82) is 0 Å². The lowest BCUT2D eigenvalue weighted by atomic mass is 9.99. The number of aromatic nitrogens is 2. The molecule has 1 unspecified atom stereocenters. The normalized spacial score (nSPS) is 12.0. The van der Waals surface area contributed by atoms with Gasteiger partial charge in [0.15, 0.2) is 28.4 Å². The van der Waals surface area contributed by atoms with Crippen LogP contribution in [0.25, 0.3) is 11.1 Å². The molecule has 0 saturated carbocycles. The van der Waals surface area contributed by atoms with Gasteiger partial charge in [0.2, 0.25) is 5.91 Å². The van der Waals surface area contributed by atoms with Crippen molar-refractivity contribution in [1.82, 2.24) is 20.6 Å². The van der Waals surface area contributed by atoms with Gasteiger partial charge < -0.3 is 28.3 Å². The number of carbonyl (C=O) groups is 2. The van der Waals surface area contributed by atoms with E-state index in [-0.39, 0.29) is 34.3 Å². The molecule has 0 fully saturated rings. The number of halogens is 1. The highest BCUT2D eigenvalue weighted by Gasteiger charge is 2.17. The number of unbranched alkanes of at least 4 members (excludes halogenated alkanes) is 1. The monoisotopic (exact) mass is 641 g/mol. The minimum Gasteiger partial charge on any atom is -0.382 e. The molecule has 1 aromatic heterocycles. The smallest absolute Gasteiger partial charge is 0.280 e. The molecule has 0 aliphatic carbocycles. The first-order valence-electron chi connectivity index (χ1n) is 15.1. The lowest BCUT2D eigenvalue weighted by molar-refractivity contribution is -0.122. The third kappa shape index (κ3) is 10.3. The van der Waals surface area contributed by atoms with Crippen LogP contribution < -0.4 is 33.6 Å². The number of hydrogen-bond acceptors (Lipinski definition) is 8. The second-order valence-electron chi connectivity index (χ2n) is 10.9. The van der Waals surface area contributed by atoms with Crippen molar-refractivity contribution in [3.8, 4) is 11.1 Å². The first kappa shape index (κ1) is 33.9. The molecule has 0 aliphatic heterocycles. The van der Waals surface area contributed by atoms with E-state index in [1.54, 1.807) is 0 Å². The fourth-order valence-corrected chi connectivity index (χ4v) is 4.91. The molecule has 1 atom stereocenters. The maximum absolute atomic E-state index is 12.3. The molecule has 0 radical (unpaired) electrons. The zero-order chi connectivity index (χ0) is 32.9. The van der Waals surface area contributed by atoms with Crippen LogP contribution in [-0.2, 0) is 24.1 Å². The van der Waals surface area contributed by atoms with Gasteiger partial charge in [-0.2, -0.15) is 0 Å². The molecule has 4 aromatic rings. The van der Waals surface area contributed by atoms with Gasteiger partial charge in [-0.3, -0.25) is 19.9 Å². The molecule has 2 amide bonds. The number of amides is 2. The van der Waals surface area contributed by atoms with Crippen molar-refractivity contribution in [3.63, 3.8) is 0 Å². The van der Waals surface area contributed by atoms with Crippen LogP contribution in [-0.4, -0.2) is 46.9 Å². The lowest BCUT2D eigenvalue weighted by Crippen LogP contribution is -2.42. The highest BCUT2D eigenvalue weighted by atomic mass is 35.5.